The molecule has 0 aromatic carbocycles. The summed E-state index contributed by atoms with van der Waals surface area (Å²) in [5.41, 5.74) is 4.94. The van der Waals surface area contributed by atoms with Gasteiger partial charge in [-0.25, -0.2) is 0 Å². The molecule has 1 aliphatic heterocycles. The highest BCUT2D eigenvalue weighted by Crippen LogP contribution is 2.04. The van der Waals surface area contributed by atoms with Gasteiger partial charge in [-0.1, -0.05) is 6.08 Å². The van der Waals surface area contributed by atoms with Gasteiger partial charge in [-0.3, -0.25) is 4.79 Å². The van der Waals surface area contributed by atoms with Crippen molar-refractivity contribution in [3.63, 3.8) is 0 Å². The van der Waals surface area contributed by atoms with Crippen LogP contribution in [0.2, 0.25) is 0 Å². The summed E-state index contributed by atoms with van der Waals surface area (Å²) in [5, 5.41) is 7.12. The first-order valence-corrected chi connectivity index (χ1v) is 2.65. The Kier molecular flexibility index (Phi) is 1.58. The second-order valence-electron chi connectivity index (χ2n) is 1.77. The summed E-state index contributed by atoms with van der Waals surface area (Å²) in [4.78, 5) is 10.4. The second kappa shape index (κ2) is 2.39. The molecule has 1 amide bonds. The Hall–Kier alpha value is -1.19. The van der Waals surface area contributed by atoms with Crippen LogP contribution in [0.25, 0.3) is 0 Å². The van der Waals surface area contributed by atoms with Gasteiger partial charge in [-0.2, -0.15) is 10.2 Å². The third kappa shape index (κ3) is 1.35. The molecule has 1 atom stereocenters. The summed E-state index contributed by atoms with van der Waals surface area (Å²) in [7, 11) is 0. The predicted molar refractivity (Wildman–Crippen MR) is 31.6 cm³/mol. The zero-order chi connectivity index (χ0) is 6.69. The predicted octanol–water partition coefficient (Wildman–Crippen LogP) is 0.210. The number of nitrogens with two attached hydrogens (primary N) is 1. The number of carbonyl (C=O) groups is 1. The number of primary amides is 1. The summed E-state index contributed by atoms with van der Waals surface area (Å²) in [6.07, 6.45) is 3.90. The van der Waals surface area contributed by atoms with Gasteiger partial charge in [0, 0.05) is 12.6 Å². The number of amides is 1. The number of nitrogens with zero attached hydrogens (tertiary/aromatic N) is 2. The van der Waals surface area contributed by atoms with Crippen LogP contribution in [0.5, 0.6) is 0 Å². The first kappa shape index (κ1) is 5.94. The Labute approximate surface area is 52.5 Å². The highest BCUT2D eigenvalue weighted by Gasteiger charge is 2.12. The van der Waals surface area contributed by atoms with E-state index < -0.39 is 11.9 Å². The summed E-state index contributed by atoms with van der Waals surface area (Å²) in [6, 6.07) is -0.435. The van der Waals surface area contributed by atoms with Gasteiger partial charge in [0.1, 0.15) is 0 Å². The number of hydrogen-bond donors (Lipinski definition) is 1. The summed E-state index contributed by atoms with van der Waals surface area (Å²) < 4.78 is 0. The molecule has 9 heavy (non-hydrogen) atoms. The lowest BCUT2D eigenvalue weighted by molar-refractivity contribution is -0.119. The van der Waals surface area contributed by atoms with Crippen LogP contribution in [-0.4, -0.2) is 11.9 Å². The monoisotopic (exact) mass is 125 g/mol. The van der Waals surface area contributed by atoms with Gasteiger partial charge < -0.3 is 5.73 Å². The van der Waals surface area contributed by atoms with E-state index in [1.54, 1.807) is 12.3 Å². The molecule has 0 saturated heterocycles. The molecule has 1 unspecified atom stereocenters. The van der Waals surface area contributed by atoms with Crippen molar-refractivity contribution < 1.29 is 4.79 Å². The molecule has 0 fully saturated rings. The minimum Gasteiger partial charge on any atom is -0.368 e. The summed E-state index contributed by atoms with van der Waals surface area (Å²) >= 11 is 0. The first-order valence-electron chi connectivity index (χ1n) is 2.65. The molecule has 1 rings (SSSR count). The van der Waals surface area contributed by atoms with Crippen LogP contribution in [0.4, 0.5) is 0 Å². The van der Waals surface area contributed by atoms with Gasteiger partial charge in [0.15, 0.2) is 6.04 Å². The van der Waals surface area contributed by atoms with Crippen LogP contribution >= 0.6 is 0 Å². The van der Waals surface area contributed by atoms with Crippen molar-refractivity contribution in [2.45, 2.75) is 12.5 Å². The van der Waals surface area contributed by atoms with Crippen LogP contribution in [0.1, 0.15) is 6.42 Å². The maximum Gasteiger partial charge on any atom is 0.244 e. The number of rotatable bonds is 1. The second-order valence-corrected chi connectivity index (χ2v) is 1.77. The molecule has 0 aromatic rings. The fraction of sp³-hybridized carbons (Fsp3) is 0.400. The van der Waals surface area contributed by atoms with Crippen LogP contribution in [0.3, 0.4) is 0 Å². The van der Waals surface area contributed by atoms with E-state index in [1.165, 1.54) is 0 Å². The maximum atomic E-state index is 10.4. The molecule has 0 aliphatic carbocycles. The highest BCUT2D eigenvalue weighted by molar-refractivity contribution is 5.80. The van der Waals surface area contributed by atoms with Gasteiger partial charge in [-0.05, 0) is 0 Å². The van der Waals surface area contributed by atoms with Gasteiger partial charge in [0.05, 0.1) is 0 Å². The molecule has 0 aromatic heterocycles. The molecule has 2 N–H and O–H groups in total. The van der Waals surface area contributed by atoms with E-state index in [0.717, 1.165) is 0 Å². The van der Waals surface area contributed by atoms with Gasteiger partial charge in [0.25, 0.3) is 0 Å². The SMILES string of the molecule is NC(=O)C1CC=CN=N1. The quantitative estimate of drug-likeness (QED) is 0.534. The molecule has 1 aliphatic rings. The molecule has 0 saturated carbocycles. The van der Waals surface area contributed by atoms with Crippen LogP contribution in [0.15, 0.2) is 22.5 Å². The van der Waals surface area contributed by atoms with Gasteiger partial charge >= 0.3 is 0 Å². The molecular formula is C5H7N3O. The van der Waals surface area contributed by atoms with Gasteiger partial charge in [0.2, 0.25) is 5.91 Å². The molecular weight excluding hydrogens is 118 g/mol. The molecule has 0 bridgehead atoms. The minimum absolute atomic E-state index is 0.414. The van der Waals surface area contributed by atoms with Crippen molar-refractivity contribution in [3.05, 3.63) is 12.3 Å². The lowest BCUT2D eigenvalue weighted by Crippen LogP contribution is -2.26. The summed E-state index contributed by atoms with van der Waals surface area (Å²) in [5.74, 6) is -0.414. The third-order valence-electron chi connectivity index (χ3n) is 1.07. The topological polar surface area (TPSA) is 67.8 Å². The molecule has 0 spiro atoms. The van der Waals surface area contributed by atoms with Crippen molar-refractivity contribution >= 4 is 5.91 Å². The molecule has 1 heterocycles. The fourth-order valence-corrected chi connectivity index (χ4v) is 0.576. The molecule has 48 valence electrons. The van der Waals surface area contributed by atoms with E-state index in [0.29, 0.717) is 6.42 Å². The number of azo groups is 1. The van der Waals surface area contributed by atoms with Crippen LogP contribution < -0.4 is 5.73 Å². The molecule has 0 radical (unpaired) electrons. The lowest BCUT2D eigenvalue weighted by atomic mass is 10.2. The highest BCUT2D eigenvalue weighted by atomic mass is 16.1. The molecule has 4 heteroatoms. The lowest BCUT2D eigenvalue weighted by Gasteiger charge is -2.04. The van der Waals surface area contributed by atoms with Crippen molar-refractivity contribution in [1.82, 2.24) is 0 Å². The van der Waals surface area contributed by atoms with E-state index in [4.69, 9.17) is 5.73 Å². The Balaban J connectivity index is 2.56. The fourth-order valence-electron chi connectivity index (χ4n) is 0.576. The normalized spacial score (nSPS) is 24.2. The zero-order valence-electron chi connectivity index (χ0n) is 4.82. The largest absolute Gasteiger partial charge is 0.368 e. The minimum atomic E-state index is -0.435. The third-order valence-corrected chi connectivity index (χ3v) is 1.07. The standard InChI is InChI=1S/C5H7N3O/c6-5(9)4-2-1-3-7-8-4/h1,3-4H,2H2,(H2,6,9). The smallest absolute Gasteiger partial charge is 0.244 e. The molecule has 4 nitrogen and oxygen atoms in total. The van der Waals surface area contributed by atoms with E-state index >= 15 is 0 Å². The Morgan fingerprint density at radius 3 is 2.89 bits per heavy atom. The maximum absolute atomic E-state index is 10.4. The van der Waals surface area contributed by atoms with Crippen LogP contribution in [-0.2, 0) is 4.79 Å². The van der Waals surface area contributed by atoms with E-state index in [2.05, 4.69) is 10.2 Å². The first-order chi connectivity index (χ1) is 4.30. The van der Waals surface area contributed by atoms with Gasteiger partial charge in [-0.15, -0.1) is 0 Å². The van der Waals surface area contributed by atoms with E-state index in [9.17, 15) is 4.79 Å². The Bertz CT molecular complexity index is 173. The summed E-state index contributed by atoms with van der Waals surface area (Å²) in [6.45, 7) is 0. The zero-order valence-corrected chi connectivity index (χ0v) is 4.82. The van der Waals surface area contributed by atoms with Crippen molar-refractivity contribution in [3.8, 4) is 0 Å². The van der Waals surface area contributed by atoms with Crippen molar-refractivity contribution in [2.24, 2.45) is 16.0 Å². The average molecular weight is 125 g/mol. The van der Waals surface area contributed by atoms with E-state index in [-0.39, 0.29) is 0 Å². The number of carbonyl (C=O) groups excluding carboxylic acids is 1. The number of hydrogen-bond acceptors (Lipinski definition) is 3. The van der Waals surface area contributed by atoms with Crippen molar-refractivity contribution in [2.75, 3.05) is 0 Å². The van der Waals surface area contributed by atoms with E-state index in [1.807, 2.05) is 0 Å². The van der Waals surface area contributed by atoms with Crippen LogP contribution in [0, 0.1) is 0 Å². The van der Waals surface area contributed by atoms with Crippen molar-refractivity contribution in [1.29, 1.82) is 0 Å². The Morgan fingerprint density at radius 1 is 1.78 bits per heavy atom. The average Bonchev–Trinajstić information content (AvgIpc) is 1.90. The Morgan fingerprint density at radius 2 is 2.56 bits per heavy atom.